The Labute approximate surface area is 76.1 Å². The summed E-state index contributed by atoms with van der Waals surface area (Å²) in [4.78, 5) is 3.97. The van der Waals surface area contributed by atoms with E-state index in [2.05, 4.69) is 4.99 Å². The van der Waals surface area contributed by atoms with E-state index in [9.17, 15) is 8.78 Å². The number of benzene rings is 1. The van der Waals surface area contributed by atoms with Crippen LogP contribution >= 0.6 is 0 Å². The van der Waals surface area contributed by atoms with Crippen LogP contribution in [0.2, 0.25) is 0 Å². The van der Waals surface area contributed by atoms with Crippen molar-refractivity contribution in [2.75, 3.05) is 0 Å². The molecule has 0 fully saturated rings. The standard InChI is InChI=1S/C10H11F2N/c1-7(2)13-6-8-4-3-5-9(11)10(8)12/h3-7H,1-2H3. The molecule has 0 atom stereocenters. The lowest BCUT2D eigenvalue weighted by molar-refractivity contribution is 0.507. The fourth-order valence-electron chi connectivity index (χ4n) is 0.850. The molecule has 0 bridgehead atoms. The Bertz CT molecular complexity index is 319. The van der Waals surface area contributed by atoms with Gasteiger partial charge in [0.05, 0.1) is 0 Å². The molecule has 0 unspecified atom stereocenters. The molecule has 0 aliphatic carbocycles. The highest BCUT2D eigenvalue weighted by molar-refractivity contribution is 5.80. The van der Waals surface area contributed by atoms with Gasteiger partial charge in [0.25, 0.3) is 0 Å². The summed E-state index contributed by atoms with van der Waals surface area (Å²) in [7, 11) is 0. The molecule has 0 aliphatic rings. The van der Waals surface area contributed by atoms with Gasteiger partial charge < -0.3 is 0 Å². The molecule has 3 heteroatoms. The summed E-state index contributed by atoms with van der Waals surface area (Å²) in [5.41, 5.74) is 0.189. The van der Waals surface area contributed by atoms with E-state index >= 15 is 0 Å². The molecule has 0 aliphatic heterocycles. The number of hydrogen-bond donors (Lipinski definition) is 0. The molecule has 0 heterocycles. The molecular formula is C10H11F2N. The van der Waals surface area contributed by atoms with Crippen molar-refractivity contribution < 1.29 is 8.78 Å². The normalized spacial score (nSPS) is 11.5. The molecule has 0 radical (unpaired) electrons. The summed E-state index contributed by atoms with van der Waals surface area (Å²) in [6.45, 7) is 3.74. The lowest BCUT2D eigenvalue weighted by Gasteiger charge is -1.98. The minimum Gasteiger partial charge on any atom is -0.290 e. The summed E-state index contributed by atoms with van der Waals surface area (Å²) in [5, 5.41) is 0. The summed E-state index contributed by atoms with van der Waals surface area (Å²) in [5.74, 6) is -1.68. The van der Waals surface area contributed by atoms with Crippen molar-refractivity contribution >= 4 is 6.21 Å². The van der Waals surface area contributed by atoms with E-state index in [0.717, 1.165) is 6.07 Å². The van der Waals surface area contributed by atoms with Gasteiger partial charge in [-0.05, 0) is 19.9 Å². The van der Waals surface area contributed by atoms with E-state index in [-0.39, 0.29) is 11.6 Å². The molecule has 0 aromatic heterocycles. The van der Waals surface area contributed by atoms with Gasteiger partial charge in [-0.2, -0.15) is 0 Å². The quantitative estimate of drug-likeness (QED) is 0.625. The Hall–Kier alpha value is -1.25. The van der Waals surface area contributed by atoms with Crippen LogP contribution in [0.25, 0.3) is 0 Å². The first-order chi connectivity index (χ1) is 6.11. The highest BCUT2D eigenvalue weighted by Gasteiger charge is 2.04. The molecule has 70 valence electrons. The minimum atomic E-state index is -0.841. The zero-order valence-electron chi connectivity index (χ0n) is 7.59. The van der Waals surface area contributed by atoms with Gasteiger partial charge in [-0.1, -0.05) is 12.1 Å². The van der Waals surface area contributed by atoms with Gasteiger partial charge in [0, 0.05) is 17.8 Å². The number of nitrogens with zero attached hydrogens (tertiary/aromatic N) is 1. The predicted octanol–water partition coefficient (Wildman–Crippen LogP) is 2.79. The maximum atomic E-state index is 13.0. The maximum Gasteiger partial charge on any atom is 0.167 e. The van der Waals surface area contributed by atoms with Crippen LogP contribution in [0.4, 0.5) is 8.78 Å². The van der Waals surface area contributed by atoms with E-state index in [0.29, 0.717) is 0 Å². The van der Waals surface area contributed by atoms with Crippen LogP contribution in [0.5, 0.6) is 0 Å². The largest absolute Gasteiger partial charge is 0.290 e. The van der Waals surface area contributed by atoms with Crippen LogP contribution < -0.4 is 0 Å². The van der Waals surface area contributed by atoms with Crippen LogP contribution in [-0.2, 0) is 0 Å². The molecule has 13 heavy (non-hydrogen) atoms. The first kappa shape index (κ1) is 9.84. The molecule has 1 aromatic carbocycles. The van der Waals surface area contributed by atoms with Crippen molar-refractivity contribution in [3.63, 3.8) is 0 Å². The summed E-state index contributed by atoms with van der Waals surface area (Å²) in [6.07, 6.45) is 1.35. The third-order valence-corrected chi connectivity index (χ3v) is 1.49. The molecule has 0 spiro atoms. The van der Waals surface area contributed by atoms with Gasteiger partial charge in [0.1, 0.15) is 0 Å². The molecule has 0 amide bonds. The van der Waals surface area contributed by atoms with Crippen molar-refractivity contribution in [2.24, 2.45) is 4.99 Å². The fraction of sp³-hybridized carbons (Fsp3) is 0.300. The summed E-state index contributed by atoms with van der Waals surface area (Å²) in [6, 6.07) is 4.12. The Morgan fingerprint density at radius 3 is 2.62 bits per heavy atom. The number of halogens is 2. The number of rotatable bonds is 2. The first-order valence-corrected chi connectivity index (χ1v) is 4.08. The van der Waals surface area contributed by atoms with E-state index in [1.54, 1.807) is 0 Å². The molecule has 0 saturated carbocycles. The van der Waals surface area contributed by atoms with Crippen LogP contribution in [0.3, 0.4) is 0 Å². The Balaban J connectivity index is 2.95. The van der Waals surface area contributed by atoms with Gasteiger partial charge in [0.15, 0.2) is 11.6 Å². The molecule has 0 N–H and O–H groups in total. The average Bonchev–Trinajstić information content (AvgIpc) is 2.07. The Kier molecular flexibility index (Phi) is 3.12. The number of aliphatic imine (C=N–C) groups is 1. The second kappa shape index (κ2) is 4.12. The van der Waals surface area contributed by atoms with Crippen molar-refractivity contribution in [1.82, 2.24) is 0 Å². The third-order valence-electron chi connectivity index (χ3n) is 1.49. The zero-order chi connectivity index (χ0) is 9.84. The SMILES string of the molecule is CC(C)N=Cc1cccc(F)c1F. The van der Waals surface area contributed by atoms with Crippen molar-refractivity contribution in [2.45, 2.75) is 19.9 Å². The van der Waals surface area contributed by atoms with Crippen molar-refractivity contribution in [3.05, 3.63) is 35.4 Å². The lowest BCUT2D eigenvalue weighted by atomic mass is 10.2. The van der Waals surface area contributed by atoms with Crippen LogP contribution in [0, 0.1) is 11.6 Å². The van der Waals surface area contributed by atoms with E-state index in [4.69, 9.17) is 0 Å². The lowest BCUT2D eigenvalue weighted by Crippen LogP contribution is -1.95. The maximum absolute atomic E-state index is 13.0. The fourth-order valence-corrected chi connectivity index (χ4v) is 0.850. The molecular weight excluding hydrogens is 172 g/mol. The smallest absolute Gasteiger partial charge is 0.167 e. The summed E-state index contributed by atoms with van der Waals surface area (Å²) < 4.78 is 25.7. The second-order valence-electron chi connectivity index (χ2n) is 3.01. The molecule has 1 nitrogen and oxygen atoms in total. The van der Waals surface area contributed by atoms with Gasteiger partial charge in [-0.3, -0.25) is 4.99 Å². The zero-order valence-corrected chi connectivity index (χ0v) is 7.59. The van der Waals surface area contributed by atoms with Gasteiger partial charge >= 0.3 is 0 Å². The van der Waals surface area contributed by atoms with Gasteiger partial charge in [-0.15, -0.1) is 0 Å². The predicted molar refractivity (Wildman–Crippen MR) is 49.1 cm³/mol. The van der Waals surface area contributed by atoms with Crippen LogP contribution in [0.1, 0.15) is 19.4 Å². The Morgan fingerprint density at radius 1 is 1.31 bits per heavy atom. The van der Waals surface area contributed by atoms with E-state index in [1.807, 2.05) is 13.8 Å². The Morgan fingerprint density at radius 2 is 2.00 bits per heavy atom. The third kappa shape index (κ3) is 2.61. The topological polar surface area (TPSA) is 12.4 Å². The molecule has 1 aromatic rings. The summed E-state index contributed by atoms with van der Waals surface area (Å²) >= 11 is 0. The highest BCUT2D eigenvalue weighted by atomic mass is 19.2. The number of hydrogen-bond acceptors (Lipinski definition) is 1. The van der Waals surface area contributed by atoms with Crippen molar-refractivity contribution in [1.29, 1.82) is 0 Å². The van der Waals surface area contributed by atoms with Crippen LogP contribution in [-0.4, -0.2) is 12.3 Å². The first-order valence-electron chi connectivity index (χ1n) is 4.08. The minimum absolute atomic E-state index is 0.0858. The monoisotopic (exact) mass is 183 g/mol. The van der Waals surface area contributed by atoms with E-state index < -0.39 is 11.6 Å². The van der Waals surface area contributed by atoms with Gasteiger partial charge in [0.2, 0.25) is 0 Å². The van der Waals surface area contributed by atoms with Crippen molar-refractivity contribution in [3.8, 4) is 0 Å². The second-order valence-corrected chi connectivity index (χ2v) is 3.01. The van der Waals surface area contributed by atoms with Gasteiger partial charge in [-0.25, -0.2) is 8.78 Å². The van der Waals surface area contributed by atoms with E-state index in [1.165, 1.54) is 18.3 Å². The molecule has 0 saturated heterocycles. The molecule has 1 rings (SSSR count). The average molecular weight is 183 g/mol. The van der Waals surface area contributed by atoms with Crippen LogP contribution in [0.15, 0.2) is 23.2 Å². The highest BCUT2D eigenvalue weighted by Crippen LogP contribution is 2.09.